The third-order valence-electron chi connectivity index (χ3n) is 3.84. The van der Waals surface area contributed by atoms with Crippen molar-refractivity contribution in [2.45, 2.75) is 6.92 Å². The lowest BCUT2D eigenvalue weighted by molar-refractivity contribution is 0.103. The predicted octanol–water partition coefficient (Wildman–Crippen LogP) is 4.34. The van der Waals surface area contributed by atoms with E-state index in [9.17, 15) is 9.59 Å². The molecule has 0 aliphatic rings. The minimum absolute atomic E-state index is 0.0477. The molecule has 0 amide bonds. The lowest BCUT2D eigenvalue weighted by Gasteiger charge is -2.10. The molecule has 1 aromatic heterocycles. The van der Waals surface area contributed by atoms with Crippen LogP contribution in [-0.4, -0.2) is 22.0 Å². The largest absolute Gasteiger partial charge is 0.512 e. The van der Waals surface area contributed by atoms with Crippen molar-refractivity contribution in [1.29, 1.82) is 0 Å². The van der Waals surface area contributed by atoms with E-state index in [2.05, 4.69) is 9.72 Å². The zero-order chi connectivity index (χ0) is 17.8. The summed E-state index contributed by atoms with van der Waals surface area (Å²) in [6.07, 6.45) is 0.0838. The van der Waals surface area contributed by atoms with Gasteiger partial charge in [0.1, 0.15) is 0 Å². The number of carbonyl (C=O) groups is 2. The third-order valence-corrected chi connectivity index (χ3v) is 3.84. The summed E-state index contributed by atoms with van der Waals surface area (Å²) in [6, 6.07) is 18.0. The minimum Gasteiger partial charge on any atom is -0.449 e. The number of benzene rings is 2. The number of ether oxygens (including phenoxy) is 1. The highest BCUT2D eigenvalue weighted by Crippen LogP contribution is 2.28. The third kappa shape index (κ3) is 3.55. The van der Waals surface area contributed by atoms with Gasteiger partial charge in [-0.2, -0.15) is 0 Å². The summed E-state index contributed by atoms with van der Waals surface area (Å²) in [5, 5.41) is 8.76. The van der Waals surface area contributed by atoms with Gasteiger partial charge in [-0.05, 0) is 24.1 Å². The van der Waals surface area contributed by atoms with Crippen molar-refractivity contribution in [3.05, 3.63) is 83.6 Å². The lowest BCUT2D eigenvalue weighted by atomic mass is 9.98. The van der Waals surface area contributed by atoms with Crippen LogP contribution in [0.15, 0.2) is 66.9 Å². The Hall–Kier alpha value is -3.47. The van der Waals surface area contributed by atoms with E-state index in [-0.39, 0.29) is 11.7 Å². The monoisotopic (exact) mass is 333 g/mol. The number of pyridine rings is 1. The molecular weight excluding hydrogens is 318 g/mol. The normalized spacial score (nSPS) is 10.3. The van der Waals surface area contributed by atoms with Gasteiger partial charge in [-0.25, -0.2) is 9.78 Å². The first-order chi connectivity index (χ1) is 12.1. The quantitative estimate of drug-likeness (QED) is 0.567. The highest BCUT2D eigenvalue weighted by Gasteiger charge is 2.13. The van der Waals surface area contributed by atoms with Crippen molar-refractivity contribution in [2.24, 2.45) is 0 Å². The van der Waals surface area contributed by atoms with Crippen molar-refractivity contribution < 1.29 is 19.4 Å². The zero-order valence-corrected chi connectivity index (χ0v) is 13.5. The van der Waals surface area contributed by atoms with E-state index >= 15 is 0 Å². The second kappa shape index (κ2) is 6.97. The zero-order valence-electron chi connectivity index (χ0n) is 13.5. The van der Waals surface area contributed by atoms with Crippen LogP contribution in [0.25, 0.3) is 11.1 Å². The summed E-state index contributed by atoms with van der Waals surface area (Å²) in [4.78, 5) is 27.1. The van der Waals surface area contributed by atoms with Crippen LogP contribution in [-0.2, 0) is 0 Å². The van der Waals surface area contributed by atoms with E-state index in [1.165, 1.54) is 6.20 Å². The van der Waals surface area contributed by atoms with Crippen LogP contribution in [0.3, 0.4) is 0 Å². The Kier molecular flexibility index (Phi) is 4.57. The molecular formula is C20H15NO4. The van der Waals surface area contributed by atoms with Gasteiger partial charge in [0, 0.05) is 22.9 Å². The van der Waals surface area contributed by atoms with Crippen molar-refractivity contribution in [2.75, 3.05) is 0 Å². The van der Waals surface area contributed by atoms with Crippen LogP contribution < -0.4 is 4.74 Å². The first-order valence-corrected chi connectivity index (χ1v) is 7.63. The summed E-state index contributed by atoms with van der Waals surface area (Å²) in [5.41, 5.74) is 3.48. The molecule has 5 heteroatoms. The van der Waals surface area contributed by atoms with Gasteiger partial charge in [0.05, 0.1) is 0 Å². The first-order valence-electron chi connectivity index (χ1n) is 7.63. The molecule has 0 radical (unpaired) electrons. The van der Waals surface area contributed by atoms with Crippen molar-refractivity contribution in [3.8, 4) is 17.0 Å². The smallest absolute Gasteiger partial charge is 0.449 e. The van der Waals surface area contributed by atoms with Crippen molar-refractivity contribution >= 4 is 11.9 Å². The Morgan fingerprint density at radius 2 is 1.56 bits per heavy atom. The molecule has 124 valence electrons. The maximum Gasteiger partial charge on any atom is 0.512 e. The van der Waals surface area contributed by atoms with Crippen molar-refractivity contribution in [1.82, 2.24) is 4.98 Å². The Morgan fingerprint density at radius 3 is 2.20 bits per heavy atom. The van der Waals surface area contributed by atoms with Crippen LogP contribution in [0.5, 0.6) is 5.88 Å². The number of rotatable bonds is 4. The van der Waals surface area contributed by atoms with E-state index in [0.717, 1.165) is 11.1 Å². The van der Waals surface area contributed by atoms with Gasteiger partial charge in [0.2, 0.25) is 5.88 Å². The standard InChI is InChI=1S/C20H15NO4/c1-13-17(11-12-21-19(13)25-20(23)24)14-7-9-16(10-8-14)18(22)15-5-3-2-4-6-15/h2-12H,1H3,(H,23,24). The van der Waals surface area contributed by atoms with Gasteiger partial charge in [-0.3, -0.25) is 4.79 Å². The lowest BCUT2D eigenvalue weighted by Crippen LogP contribution is -2.06. The Labute approximate surface area is 144 Å². The highest BCUT2D eigenvalue weighted by molar-refractivity contribution is 6.09. The molecule has 0 saturated heterocycles. The second-order valence-electron chi connectivity index (χ2n) is 5.43. The van der Waals surface area contributed by atoms with Gasteiger partial charge in [0.25, 0.3) is 0 Å². The first kappa shape index (κ1) is 16.4. The maximum atomic E-state index is 12.4. The predicted molar refractivity (Wildman–Crippen MR) is 92.9 cm³/mol. The molecule has 5 nitrogen and oxygen atoms in total. The fraction of sp³-hybridized carbons (Fsp3) is 0.0500. The highest BCUT2D eigenvalue weighted by atomic mass is 16.7. The van der Waals surface area contributed by atoms with Gasteiger partial charge in [-0.1, -0.05) is 54.6 Å². The molecule has 0 unspecified atom stereocenters. The molecule has 1 N–H and O–H groups in total. The Morgan fingerprint density at radius 1 is 0.920 bits per heavy atom. The molecule has 1 heterocycles. The van der Waals surface area contributed by atoms with E-state index < -0.39 is 6.16 Å². The Balaban J connectivity index is 1.91. The number of hydrogen-bond donors (Lipinski definition) is 1. The summed E-state index contributed by atoms with van der Waals surface area (Å²) in [7, 11) is 0. The van der Waals surface area contributed by atoms with E-state index in [1.54, 1.807) is 37.3 Å². The number of nitrogens with zero attached hydrogens (tertiary/aromatic N) is 1. The van der Waals surface area contributed by atoms with Gasteiger partial charge in [-0.15, -0.1) is 0 Å². The molecule has 0 saturated carbocycles. The molecule has 25 heavy (non-hydrogen) atoms. The molecule has 0 aliphatic carbocycles. The summed E-state index contributed by atoms with van der Waals surface area (Å²) in [5.74, 6) is 0.00272. The summed E-state index contributed by atoms with van der Waals surface area (Å²) >= 11 is 0. The number of aromatic nitrogens is 1. The minimum atomic E-state index is -1.41. The Bertz CT molecular complexity index is 918. The van der Waals surface area contributed by atoms with E-state index in [4.69, 9.17) is 5.11 Å². The summed E-state index contributed by atoms with van der Waals surface area (Å²) in [6.45, 7) is 1.74. The number of carbonyl (C=O) groups excluding carboxylic acids is 1. The van der Waals surface area contributed by atoms with Crippen LogP contribution in [0, 0.1) is 6.92 Å². The topological polar surface area (TPSA) is 76.5 Å². The molecule has 0 aliphatic heterocycles. The number of carboxylic acid groups (broad SMARTS) is 1. The van der Waals surface area contributed by atoms with E-state index in [1.807, 2.05) is 30.3 Å². The molecule has 0 atom stereocenters. The number of ketones is 1. The molecule has 0 bridgehead atoms. The van der Waals surface area contributed by atoms with Crippen LogP contribution in [0.4, 0.5) is 4.79 Å². The van der Waals surface area contributed by atoms with E-state index in [0.29, 0.717) is 16.7 Å². The molecule has 0 spiro atoms. The molecule has 3 rings (SSSR count). The van der Waals surface area contributed by atoms with Gasteiger partial charge < -0.3 is 9.84 Å². The molecule has 0 fully saturated rings. The molecule has 3 aromatic rings. The fourth-order valence-electron chi connectivity index (χ4n) is 2.57. The average Bonchev–Trinajstić information content (AvgIpc) is 2.63. The van der Waals surface area contributed by atoms with Gasteiger partial charge in [0.15, 0.2) is 5.78 Å². The van der Waals surface area contributed by atoms with Crippen LogP contribution in [0.1, 0.15) is 21.5 Å². The SMILES string of the molecule is Cc1c(-c2ccc(C(=O)c3ccccc3)cc2)ccnc1OC(=O)O. The van der Waals surface area contributed by atoms with Crippen molar-refractivity contribution in [3.63, 3.8) is 0 Å². The molecule has 2 aromatic carbocycles. The van der Waals surface area contributed by atoms with Gasteiger partial charge >= 0.3 is 6.16 Å². The maximum absolute atomic E-state index is 12.4. The second-order valence-corrected chi connectivity index (χ2v) is 5.43. The van der Waals surface area contributed by atoms with Crippen LogP contribution in [0.2, 0.25) is 0 Å². The average molecular weight is 333 g/mol. The van der Waals surface area contributed by atoms with Crippen LogP contribution >= 0.6 is 0 Å². The summed E-state index contributed by atoms with van der Waals surface area (Å²) < 4.78 is 4.68. The number of hydrogen-bond acceptors (Lipinski definition) is 4. The fourth-order valence-corrected chi connectivity index (χ4v) is 2.57.